The second-order valence-electron chi connectivity index (χ2n) is 6.05. The summed E-state index contributed by atoms with van der Waals surface area (Å²) >= 11 is 0. The first kappa shape index (κ1) is 15.1. The summed E-state index contributed by atoms with van der Waals surface area (Å²) in [6.45, 7) is 3.63. The largest absolute Gasteiger partial charge is 0.387 e. The van der Waals surface area contributed by atoms with Gasteiger partial charge in [-0.05, 0) is 37.0 Å². The van der Waals surface area contributed by atoms with Gasteiger partial charge in [-0.15, -0.1) is 0 Å². The van der Waals surface area contributed by atoms with Crippen LogP contribution in [-0.2, 0) is 0 Å². The minimum absolute atomic E-state index is 0.297. The zero-order valence-electron chi connectivity index (χ0n) is 13.0. The van der Waals surface area contributed by atoms with Gasteiger partial charge < -0.3 is 15.7 Å². The average Bonchev–Trinajstić information content (AvgIpc) is 2.75. The number of anilines is 1. The van der Waals surface area contributed by atoms with E-state index in [0.29, 0.717) is 12.6 Å². The van der Waals surface area contributed by atoms with Crippen LogP contribution in [-0.4, -0.2) is 18.2 Å². The van der Waals surface area contributed by atoms with E-state index in [9.17, 15) is 5.11 Å². The van der Waals surface area contributed by atoms with E-state index < -0.39 is 6.10 Å². The first-order valence-electron chi connectivity index (χ1n) is 8.05. The number of fused-ring (bicyclic) bond motifs is 1. The van der Waals surface area contributed by atoms with Crippen LogP contribution >= 0.6 is 0 Å². The zero-order valence-corrected chi connectivity index (χ0v) is 13.0. The van der Waals surface area contributed by atoms with Gasteiger partial charge in [0, 0.05) is 24.8 Å². The van der Waals surface area contributed by atoms with Gasteiger partial charge in [-0.1, -0.05) is 48.0 Å². The minimum atomic E-state index is -0.469. The standard InChI is InChI=1S/C19H24N2O/c1-14-6-4-7-15(12-14)19(22)13-21-18-10-5-11-20-17-9-3-2-8-16(17)18/h2-4,6-9,12,18-22H,5,10-11,13H2,1H3/t18-,19+/m0/s1. The van der Waals surface area contributed by atoms with Crippen LogP contribution in [0.5, 0.6) is 0 Å². The van der Waals surface area contributed by atoms with Gasteiger partial charge in [-0.2, -0.15) is 0 Å². The van der Waals surface area contributed by atoms with E-state index >= 15 is 0 Å². The normalized spacial score (nSPS) is 18.9. The third-order valence-electron chi connectivity index (χ3n) is 4.31. The lowest BCUT2D eigenvalue weighted by Gasteiger charge is -2.21. The van der Waals surface area contributed by atoms with Crippen molar-refractivity contribution in [3.8, 4) is 0 Å². The molecule has 0 amide bonds. The first-order chi connectivity index (χ1) is 10.7. The maximum absolute atomic E-state index is 10.4. The Morgan fingerprint density at radius 3 is 2.95 bits per heavy atom. The van der Waals surface area contributed by atoms with Crippen molar-refractivity contribution in [1.82, 2.24) is 5.32 Å². The average molecular weight is 296 g/mol. The lowest BCUT2D eigenvalue weighted by Crippen LogP contribution is -2.26. The van der Waals surface area contributed by atoms with E-state index in [2.05, 4.69) is 54.0 Å². The van der Waals surface area contributed by atoms with E-state index in [4.69, 9.17) is 0 Å². The van der Waals surface area contributed by atoms with Gasteiger partial charge in [0.25, 0.3) is 0 Å². The molecule has 116 valence electrons. The molecule has 2 atom stereocenters. The van der Waals surface area contributed by atoms with Crippen molar-refractivity contribution in [3.63, 3.8) is 0 Å². The molecular weight excluding hydrogens is 272 g/mol. The van der Waals surface area contributed by atoms with Crippen molar-refractivity contribution in [2.75, 3.05) is 18.4 Å². The summed E-state index contributed by atoms with van der Waals surface area (Å²) in [4.78, 5) is 0. The van der Waals surface area contributed by atoms with Crippen LogP contribution in [0.15, 0.2) is 48.5 Å². The Balaban J connectivity index is 1.68. The Morgan fingerprint density at radius 1 is 1.23 bits per heavy atom. The Bertz CT molecular complexity index is 626. The highest BCUT2D eigenvalue weighted by atomic mass is 16.3. The van der Waals surface area contributed by atoms with Gasteiger partial charge >= 0.3 is 0 Å². The molecular formula is C19H24N2O. The predicted octanol–water partition coefficient (Wildman–Crippen LogP) is 3.57. The lowest BCUT2D eigenvalue weighted by molar-refractivity contribution is 0.169. The number of aryl methyl sites for hydroxylation is 1. The third-order valence-corrected chi connectivity index (χ3v) is 4.31. The van der Waals surface area contributed by atoms with Gasteiger partial charge in [0.2, 0.25) is 0 Å². The first-order valence-corrected chi connectivity index (χ1v) is 8.05. The van der Waals surface area contributed by atoms with Crippen LogP contribution in [0.3, 0.4) is 0 Å². The van der Waals surface area contributed by atoms with E-state index in [1.807, 2.05) is 12.1 Å². The Hall–Kier alpha value is -1.84. The van der Waals surface area contributed by atoms with Crippen LogP contribution in [0.2, 0.25) is 0 Å². The maximum atomic E-state index is 10.4. The Kier molecular flexibility index (Phi) is 4.76. The predicted molar refractivity (Wildman–Crippen MR) is 91.0 cm³/mol. The van der Waals surface area contributed by atoms with Crippen LogP contribution in [0.1, 0.15) is 41.7 Å². The summed E-state index contributed by atoms with van der Waals surface area (Å²) in [5.74, 6) is 0. The highest BCUT2D eigenvalue weighted by Gasteiger charge is 2.19. The van der Waals surface area contributed by atoms with E-state index in [0.717, 1.165) is 24.9 Å². The monoisotopic (exact) mass is 296 g/mol. The van der Waals surface area contributed by atoms with E-state index in [1.165, 1.54) is 16.8 Å². The van der Waals surface area contributed by atoms with Gasteiger partial charge in [0.15, 0.2) is 0 Å². The van der Waals surface area contributed by atoms with E-state index in [-0.39, 0.29) is 0 Å². The second-order valence-corrected chi connectivity index (χ2v) is 6.05. The topological polar surface area (TPSA) is 44.3 Å². The Morgan fingerprint density at radius 2 is 2.09 bits per heavy atom. The van der Waals surface area contributed by atoms with Crippen molar-refractivity contribution in [3.05, 3.63) is 65.2 Å². The smallest absolute Gasteiger partial charge is 0.0914 e. The number of para-hydroxylation sites is 1. The second kappa shape index (κ2) is 6.95. The molecule has 0 spiro atoms. The molecule has 3 rings (SSSR count). The molecule has 0 bridgehead atoms. The van der Waals surface area contributed by atoms with Crippen LogP contribution < -0.4 is 10.6 Å². The molecule has 1 heterocycles. The zero-order chi connectivity index (χ0) is 15.4. The summed E-state index contributed by atoms with van der Waals surface area (Å²) in [5.41, 5.74) is 4.67. The summed E-state index contributed by atoms with van der Waals surface area (Å²) in [5, 5.41) is 17.4. The molecule has 0 fully saturated rings. The molecule has 3 heteroatoms. The van der Waals surface area contributed by atoms with Crippen LogP contribution in [0.4, 0.5) is 5.69 Å². The molecule has 0 unspecified atom stereocenters. The molecule has 1 aliphatic rings. The van der Waals surface area contributed by atoms with Gasteiger partial charge in [-0.3, -0.25) is 0 Å². The fourth-order valence-electron chi connectivity index (χ4n) is 3.11. The van der Waals surface area contributed by atoms with Crippen molar-refractivity contribution < 1.29 is 5.11 Å². The van der Waals surface area contributed by atoms with Crippen molar-refractivity contribution in [1.29, 1.82) is 0 Å². The van der Waals surface area contributed by atoms with Gasteiger partial charge in [0.1, 0.15) is 0 Å². The fourth-order valence-corrected chi connectivity index (χ4v) is 3.11. The van der Waals surface area contributed by atoms with Crippen molar-refractivity contribution >= 4 is 5.69 Å². The Labute approximate surface area is 132 Å². The van der Waals surface area contributed by atoms with Crippen molar-refractivity contribution in [2.24, 2.45) is 0 Å². The molecule has 0 saturated heterocycles. The highest BCUT2D eigenvalue weighted by molar-refractivity contribution is 5.53. The lowest BCUT2D eigenvalue weighted by atomic mass is 10.0. The van der Waals surface area contributed by atoms with Gasteiger partial charge in [0.05, 0.1) is 6.10 Å². The number of aliphatic hydroxyl groups excluding tert-OH is 1. The molecule has 0 radical (unpaired) electrons. The molecule has 22 heavy (non-hydrogen) atoms. The molecule has 2 aromatic rings. The molecule has 2 aromatic carbocycles. The quantitative estimate of drug-likeness (QED) is 0.808. The molecule has 0 aromatic heterocycles. The molecule has 3 nitrogen and oxygen atoms in total. The third kappa shape index (κ3) is 3.49. The molecule has 1 aliphatic heterocycles. The summed E-state index contributed by atoms with van der Waals surface area (Å²) < 4.78 is 0. The minimum Gasteiger partial charge on any atom is -0.387 e. The molecule has 0 aliphatic carbocycles. The van der Waals surface area contributed by atoms with E-state index in [1.54, 1.807) is 0 Å². The molecule has 3 N–H and O–H groups in total. The number of rotatable bonds is 4. The van der Waals surface area contributed by atoms with Crippen LogP contribution in [0, 0.1) is 6.92 Å². The fraction of sp³-hybridized carbons (Fsp3) is 0.368. The number of hydrogen-bond acceptors (Lipinski definition) is 3. The highest BCUT2D eigenvalue weighted by Crippen LogP contribution is 2.29. The number of benzene rings is 2. The summed E-state index contributed by atoms with van der Waals surface area (Å²) in [7, 11) is 0. The maximum Gasteiger partial charge on any atom is 0.0914 e. The number of aliphatic hydroxyl groups is 1. The summed E-state index contributed by atoms with van der Waals surface area (Å²) in [6, 6.07) is 16.8. The SMILES string of the molecule is Cc1cccc([C@H](O)CN[C@H]2CCCNc3ccccc32)c1. The molecule has 0 saturated carbocycles. The van der Waals surface area contributed by atoms with Crippen LogP contribution in [0.25, 0.3) is 0 Å². The number of nitrogens with one attached hydrogen (secondary N) is 2. The number of hydrogen-bond donors (Lipinski definition) is 3. The van der Waals surface area contributed by atoms with Crippen molar-refractivity contribution in [2.45, 2.75) is 31.9 Å². The summed E-state index contributed by atoms with van der Waals surface area (Å²) in [6.07, 6.45) is 1.75. The van der Waals surface area contributed by atoms with Gasteiger partial charge in [-0.25, -0.2) is 0 Å².